The maximum Gasteiger partial charge on any atom is 0.127 e. The smallest absolute Gasteiger partial charge is 0.127 e. The van der Waals surface area contributed by atoms with Gasteiger partial charge >= 0.3 is 0 Å². The van der Waals surface area contributed by atoms with Crippen molar-refractivity contribution in [2.24, 2.45) is 0 Å². The van der Waals surface area contributed by atoms with Gasteiger partial charge in [-0.3, -0.25) is 0 Å². The Morgan fingerprint density at radius 3 is 1.27 bits per heavy atom. The van der Waals surface area contributed by atoms with Gasteiger partial charge in [-0.1, -0.05) is 84.9 Å². The molecule has 1 aliphatic rings. The zero-order valence-electron chi connectivity index (χ0n) is 14.5. The Balaban J connectivity index is 0.000000129. The van der Waals surface area contributed by atoms with Gasteiger partial charge in [-0.2, -0.15) is 0 Å². The van der Waals surface area contributed by atoms with Gasteiger partial charge in [-0.05, 0) is 52.9 Å². The SMILES string of the molecule is c1ccc(Oc2ccccc2)cc1.c1ccc2c(c1)Cc1ccccc1-2. The minimum absolute atomic E-state index is 0.869. The molecule has 0 aliphatic heterocycles. The van der Waals surface area contributed by atoms with Gasteiger partial charge in [0.2, 0.25) is 0 Å². The van der Waals surface area contributed by atoms with E-state index in [0.717, 1.165) is 17.9 Å². The first-order valence-electron chi connectivity index (χ1n) is 8.84. The second kappa shape index (κ2) is 7.71. The average Bonchev–Trinajstić information content (AvgIpc) is 3.09. The molecule has 0 saturated heterocycles. The molecule has 0 amide bonds. The minimum atomic E-state index is 0.869. The topological polar surface area (TPSA) is 9.23 Å². The molecule has 126 valence electrons. The van der Waals surface area contributed by atoms with E-state index in [2.05, 4.69) is 48.5 Å². The average molecular weight is 336 g/mol. The van der Waals surface area contributed by atoms with Gasteiger partial charge in [0.1, 0.15) is 11.5 Å². The van der Waals surface area contributed by atoms with Gasteiger partial charge in [0.25, 0.3) is 0 Å². The zero-order valence-corrected chi connectivity index (χ0v) is 14.5. The number of benzene rings is 4. The number of para-hydroxylation sites is 2. The summed E-state index contributed by atoms with van der Waals surface area (Å²) in [5.74, 6) is 1.74. The zero-order chi connectivity index (χ0) is 17.6. The molecule has 26 heavy (non-hydrogen) atoms. The predicted octanol–water partition coefficient (Wildman–Crippen LogP) is 6.74. The summed E-state index contributed by atoms with van der Waals surface area (Å²) in [6, 6.07) is 36.8. The molecule has 1 aliphatic carbocycles. The molecule has 0 aromatic heterocycles. The van der Waals surface area contributed by atoms with Crippen LogP contribution in [0.3, 0.4) is 0 Å². The summed E-state index contributed by atoms with van der Waals surface area (Å²) >= 11 is 0. The van der Waals surface area contributed by atoms with Crippen LogP contribution in [0.2, 0.25) is 0 Å². The highest BCUT2D eigenvalue weighted by Gasteiger charge is 2.15. The van der Waals surface area contributed by atoms with Crippen LogP contribution >= 0.6 is 0 Å². The third-order valence-corrected chi connectivity index (χ3v) is 4.43. The summed E-state index contributed by atoms with van der Waals surface area (Å²) in [6.45, 7) is 0. The molecule has 0 unspecified atom stereocenters. The van der Waals surface area contributed by atoms with Gasteiger partial charge < -0.3 is 4.74 Å². The van der Waals surface area contributed by atoms with E-state index in [-0.39, 0.29) is 0 Å². The number of hydrogen-bond donors (Lipinski definition) is 0. The first-order chi connectivity index (χ1) is 12.9. The Bertz CT molecular complexity index is 894. The fraction of sp³-hybridized carbons (Fsp3) is 0.0400. The van der Waals surface area contributed by atoms with Crippen molar-refractivity contribution in [3.8, 4) is 22.6 Å². The number of ether oxygens (including phenoxy) is 1. The number of fused-ring (bicyclic) bond motifs is 3. The van der Waals surface area contributed by atoms with Crippen molar-refractivity contribution < 1.29 is 4.74 Å². The van der Waals surface area contributed by atoms with E-state index in [1.165, 1.54) is 22.3 Å². The molecule has 4 aromatic carbocycles. The van der Waals surface area contributed by atoms with E-state index < -0.39 is 0 Å². The second-order valence-electron chi connectivity index (χ2n) is 6.22. The van der Waals surface area contributed by atoms with Crippen LogP contribution in [-0.4, -0.2) is 0 Å². The van der Waals surface area contributed by atoms with Crippen molar-refractivity contribution >= 4 is 0 Å². The lowest BCUT2D eigenvalue weighted by molar-refractivity contribution is 0.482. The van der Waals surface area contributed by atoms with Crippen LogP contribution in [0.15, 0.2) is 109 Å². The molecule has 4 aromatic rings. The van der Waals surface area contributed by atoms with Crippen molar-refractivity contribution in [3.63, 3.8) is 0 Å². The minimum Gasteiger partial charge on any atom is -0.457 e. The molecule has 0 heterocycles. The monoisotopic (exact) mass is 336 g/mol. The summed E-state index contributed by atoms with van der Waals surface area (Å²) in [5, 5.41) is 0. The highest BCUT2D eigenvalue weighted by molar-refractivity contribution is 5.76. The lowest BCUT2D eigenvalue weighted by Gasteiger charge is -2.03. The van der Waals surface area contributed by atoms with Crippen LogP contribution < -0.4 is 4.74 Å². The third-order valence-electron chi connectivity index (χ3n) is 4.43. The van der Waals surface area contributed by atoms with E-state index in [4.69, 9.17) is 4.74 Å². The molecule has 0 bridgehead atoms. The van der Waals surface area contributed by atoms with Crippen molar-refractivity contribution in [3.05, 3.63) is 120 Å². The van der Waals surface area contributed by atoms with Crippen molar-refractivity contribution in [2.45, 2.75) is 6.42 Å². The van der Waals surface area contributed by atoms with E-state index in [0.29, 0.717) is 0 Å². The molecule has 0 fully saturated rings. The fourth-order valence-electron chi connectivity index (χ4n) is 3.19. The molecular formula is C25H20O. The Morgan fingerprint density at radius 1 is 0.423 bits per heavy atom. The lowest BCUT2D eigenvalue weighted by Crippen LogP contribution is -1.81. The van der Waals surface area contributed by atoms with Gasteiger partial charge in [-0.15, -0.1) is 0 Å². The quantitative estimate of drug-likeness (QED) is 0.347. The summed E-state index contributed by atoms with van der Waals surface area (Å²) in [4.78, 5) is 0. The predicted molar refractivity (Wildman–Crippen MR) is 108 cm³/mol. The largest absolute Gasteiger partial charge is 0.457 e. The number of hydrogen-bond acceptors (Lipinski definition) is 1. The van der Waals surface area contributed by atoms with Crippen LogP contribution in [0, 0.1) is 0 Å². The van der Waals surface area contributed by atoms with Crippen LogP contribution in [-0.2, 0) is 6.42 Å². The summed E-state index contributed by atoms with van der Waals surface area (Å²) in [5.41, 5.74) is 5.75. The molecule has 1 nitrogen and oxygen atoms in total. The molecule has 0 saturated carbocycles. The van der Waals surface area contributed by atoms with Crippen LogP contribution in [0.25, 0.3) is 11.1 Å². The van der Waals surface area contributed by atoms with E-state index >= 15 is 0 Å². The summed E-state index contributed by atoms with van der Waals surface area (Å²) < 4.78 is 5.58. The Kier molecular flexibility index (Phi) is 4.79. The first kappa shape index (κ1) is 16.2. The normalized spacial score (nSPS) is 10.9. The van der Waals surface area contributed by atoms with Crippen LogP contribution in [0.5, 0.6) is 11.5 Å². The van der Waals surface area contributed by atoms with E-state index in [1.807, 2.05) is 60.7 Å². The van der Waals surface area contributed by atoms with Crippen LogP contribution in [0.1, 0.15) is 11.1 Å². The summed E-state index contributed by atoms with van der Waals surface area (Å²) in [6.07, 6.45) is 1.10. The van der Waals surface area contributed by atoms with Gasteiger partial charge in [-0.25, -0.2) is 0 Å². The van der Waals surface area contributed by atoms with Crippen molar-refractivity contribution in [2.75, 3.05) is 0 Å². The summed E-state index contributed by atoms with van der Waals surface area (Å²) in [7, 11) is 0. The Hall–Kier alpha value is -3.32. The van der Waals surface area contributed by atoms with E-state index in [9.17, 15) is 0 Å². The lowest BCUT2D eigenvalue weighted by atomic mass is 10.1. The molecule has 0 radical (unpaired) electrons. The maximum atomic E-state index is 5.58. The molecule has 0 atom stereocenters. The van der Waals surface area contributed by atoms with Gasteiger partial charge in [0.15, 0.2) is 0 Å². The van der Waals surface area contributed by atoms with E-state index in [1.54, 1.807) is 0 Å². The Labute approximate surface area is 154 Å². The molecule has 1 heteroatoms. The Morgan fingerprint density at radius 2 is 0.808 bits per heavy atom. The highest BCUT2D eigenvalue weighted by atomic mass is 16.5. The third kappa shape index (κ3) is 3.68. The number of rotatable bonds is 2. The van der Waals surface area contributed by atoms with Crippen molar-refractivity contribution in [1.82, 2.24) is 0 Å². The molecular weight excluding hydrogens is 316 g/mol. The highest BCUT2D eigenvalue weighted by Crippen LogP contribution is 2.35. The first-order valence-corrected chi connectivity index (χ1v) is 8.84. The molecule has 0 spiro atoms. The standard InChI is InChI=1S/C13H10.C12H10O/c1-3-7-12-10(5-1)9-11-6-2-4-8-13(11)12;1-3-7-11(8-4-1)13-12-9-5-2-6-10-12/h1-8H,9H2;1-10H. The van der Waals surface area contributed by atoms with Crippen LogP contribution in [0.4, 0.5) is 0 Å². The maximum absolute atomic E-state index is 5.58. The van der Waals surface area contributed by atoms with Gasteiger partial charge in [0.05, 0.1) is 0 Å². The second-order valence-corrected chi connectivity index (χ2v) is 6.22. The molecule has 5 rings (SSSR count). The van der Waals surface area contributed by atoms with Crippen molar-refractivity contribution in [1.29, 1.82) is 0 Å². The fourth-order valence-corrected chi connectivity index (χ4v) is 3.19. The molecule has 0 N–H and O–H groups in total. The van der Waals surface area contributed by atoms with Gasteiger partial charge in [0, 0.05) is 0 Å².